The molecule has 2 saturated carbocycles. The molecule has 0 aromatic carbocycles. The highest BCUT2D eigenvalue weighted by molar-refractivity contribution is 7.19. The molecule has 2 aromatic heterocycles. The summed E-state index contributed by atoms with van der Waals surface area (Å²) in [7, 11) is 0. The Morgan fingerprint density at radius 2 is 1.94 bits per heavy atom. The summed E-state index contributed by atoms with van der Waals surface area (Å²) in [6.07, 6.45) is 12.6. The van der Waals surface area contributed by atoms with Crippen molar-refractivity contribution in [2.45, 2.75) is 76.0 Å². The summed E-state index contributed by atoms with van der Waals surface area (Å²) >= 11 is 1.37. The van der Waals surface area contributed by atoms with Gasteiger partial charge in [-0.1, -0.05) is 17.8 Å². The summed E-state index contributed by atoms with van der Waals surface area (Å²) in [4.78, 5) is 17.5. The minimum atomic E-state index is -0.0607. The van der Waals surface area contributed by atoms with E-state index in [1.165, 1.54) is 56.3 Å². The van der Waals surface area contributed by atoms with Crippen LogP contribution in [-0.2, 0) is 9.53 Å². The molecular formula is C25H36N8O2S. The van der Waals surface area contributed by atoms with Crippen molar-refractivity contribution in [2.75, 3.05) is 48.3 Å². The fourth-order valence-electron chi connectivity index (χ4n) is 6.39. The number of anilines is 3. The molecule has 11 heteroatoms. The van der Waals surface area contributed by atoms with E-state index in [1.54, 1.807) is 6.20 Å². The Morgan fingerprint density at radius 3 is 2.72 bits per heavy atom. The van der Waals surface area contributed by atoms with Crippen molar-refractivity contribution < 1.29 is 9.53 Å². The van der Waals surface area contributed by atoms with E-state index >= 15 is 0 Å². The molecule has 6 rings (SSSR count). The van der Waals surface area contributed by atoms with Crippen LogP contribution in [0.25, 0.3) is 0 Å². The third-order valence-electron chi connectivity index (χ3n) is 8.60. The average molecular weight is 513 g/mol. The van der Waals surface area contributed by atoms with Gasteiger partial charge >= 0.3 is 0 Å². The molecule has 2 aliphatic heterocycles. The number of ether oxygens (including phenoxy) is 1. The second kappa shape index (κ2) is 10.5. The molecule has 2 N–H and O–H groups in total. The fourth-order valence-corrected chi connectivity index (χ4v) is 7.12. The van der Waals surface area contributed by atoms with Gasteiger partial charge in [-0.2, -0.15) is 5.10 Å². The van der Waals surface area contributed by atoms with Crippen LogP contribution in [0.5, 0.6) is 0 Å². The molecule has 194 valence electrons. The summed E-state index contributed by atoms with van der Waals surface area (Å²) in [6.45, 7) is 4.28. The van der Waals surface area contributed by atoms with Crippen molar-refractivity contribution in [3.8, 4) is 0 Å². The molecule has 2 aliphatic carbocycles. The number of aromatic nitrogens is 4. The first-order valence-corrected chi connectivity index (χ1v) is 14.2. The number of morpholine rings is 1. The van der Waals surface area contributed by atoms with Crippen LogP contribution in [0, 0.1) is 5.41 Å². The maximum Gasteiger partial charge on any atom is 0.228 e. The number of amides is 1. The minimum absolute atomic E-state index is 0.0590. The largest absolute Gasteiger partial charge is 0.375 e. The van der Waals surface area contributed by atoms with E-state index in [9.17, 15) is 4.79 Å². The summed E-state index contributed by atoms with van der Waals surface area (Å²) in [5.41, 5.74) is 0.686. The Morgan fingerprint density at radius 1 is 1.08 bits per heavy atom. The van der Waals surface area contributed by atoms with E-state index in [1.807, 2.05) is 12.1 Å². The molecule has 4 heterocycles. The van der Waals surface area contributed by atoms with Crippen molar-refractivity contribution in [3.05, 3.63) is 18.3 Å². The Kier molecular flexibility index (Phi) is 7.03. The number of hydrogen-bond donors (Lipinski definition) is 2. The van der Waals surface area contributed by atoms with Gasteiger partial charge in [-0.05, 0) is 62.5 Å². The smallest absolute Gasteiger partial charge is 0.228 e. The van der Waals surface area contributed by atoms with E-state index in [4.69, 9.17) is 4.74 Å². The second-order valence-electron chi connectivity index (χ2n) is 10.9. The Balaban J connectivity index is 0.946. The zero-order valence-electron chi connectivity index (χ0n) is 20.8. The Bertz CT molecular complexity index is 1020. The molecule has 0 radical (unpaired) electrons. The first kappa shape index (κ1) is 24.0. The van der Waals surface area contributed by atoms with Gasteiger partial charge in [-0.25, -0.2) is 0 Å². The van der Waals surface area contributed by atoms with Crippen LogP contribution in [0.3, 0.4) is 0 Å². The summed E-state index contributed by atoms with van der Waals surface area (Å²) < 4.78 is 5.96. The highest BCUT2D eigenvalue weighted by Gasteiger charge is 2.41. The highest BCUT2D eigenvalue weighted by Crippen LogP contribution is 2.52. The van der Waals surface area contributed by atoms with E-state index in [0.717, 1.165) is 43.5 Å². The molecule has 2 aromatic rings. The summed E-state index contributed by atoms with van der Waals surface area (Å²) in [6, 6.07) is 4.79. The van der Waals surface area contributed by atoms with Crippen LogP contribution < -0.4 is 15.5 Å². The van der Waals surface area contributed by atoms with Gasteiger partial charge in [0.15, 0.2) is 5.82 Å². The van der Waals surface area contributed by atoms with Gasteiger partial charge in [0.25, 0.3) is 0 Å². The number of nitrogens with one attached hydrogen (secondary N) is 2. The van der Waals surface area contributed by atoms with Crippen LogP contribution in [0.2, 0.25) is 0 Å². The van der Waals surface area contributed by atoms with Crippen molar-refractivity contribution >= 4 is 33.3 Å². The van der Waals surface area contributed by atoms with E-state index < -0.39 is 0 Å². The average Bonchev–Trinajstić information content (AvgIpc) is 3.53. The molecule has 0 bridgehead atoms. The number of carbonyl (C=O) groups excluding carboxylic acids is 1. The van der Waals surface area contributed by atoms with Crippen LogP contribution in [0.4, 0.5) is 16.1 Å². The molecule has 1 amide bonds. The monoisotopic (exact) mass is 512 g/mol. The topological polar surface area (TPSA) is 108 Å². The maximum absolute atomic E-state index is 12.7. The van der Waals surface area contributed by atoms with Gasteiger partial charge in [0.2, 0.25) is 16.2 Å². The van der Waals surface area contributed by atoms with Crippen molar-refractivity contribution in [3.63, 3.8) is 0 Å². The molecule has 1 spiro atoms. The third-order valence-corrected chi connectivity index (χ3v) is 9.37. The first-order chi connectivity index (χ1) is 17.6. The summed E-state index contributed by atoms with van der Waals surface area (Å²) in [5, 5.41) is 24.2. The zero-order valence-corrected chi connectivity index (χ0v) is 21.6. The van der Waals surface area contributed by atoms with Gasteiger partial charge in [-0.15, -0.1) is 15.3 Å². The van der Waals surface area contributed by atoms with Crippen molar-refractivity contribution in [2.24, 2.45) is 5.41 Å². The van der Waals surface area contributed by atoms with E-state index in [2.05, 4.69) is 40.8 Å². The quantitative estimate of drug-likeness (QED) is 0.578. The lowest BCUT2D eigenvalue weighted by atomic mass is 9.60. The molecule has 1 unspecified atom stereocenters. The highest BCUT2D eigenvalue weighted by atomic mass is 32.1. The molecule has 4 fully saturated rings. The molecule has 4 aliphatic rings. The normalized spacial score (nSPS) is 26.6. The van der Waals surface area contributed by atoms with E-state index in [-0.39, 0.29) is 18.1 Å². The van der Waals surface area contributed by atoms with Gasteiger partial charge in [0.05, 0.1) is 19.1 Å². The lowest BCUT2D eigenvalue weighted by Crippen LogP contribution is -2.51. The van der Waals surface area contributed by atoms with Gasteiger partial charge < -0.3 is 20.3 Å². The van der Waals surface area contributed by atoms with E-state index in [0.29, 0.717) is 29.6 Å². The number of nitrogens with zero attached hydrogens (tertiary/aromatic N) is 6. The fraction of sp³-hybridized carbons (Fsp3) is 0.720. The molecule has 10 nitrogen and oxygen atoms in total. The Hall–Kier alpha value is -2.37. The lowest BCUT2D eigenvalue weighted by Gasteiger charge is -2.50. The number of rotatable bonds is 7. The number of hydrogen-bond acceptors (Lipinski definition) is 10. The zero-order chi connectivity index (χ0) is 24.4. The van der Waals surface area contributed by atoms with Crippen LogP contribution in [0.1, 0.15) is 57.8 Å². The van der Waals surface area contributed by atoms with Gasteiger partial charge in [-0.3, -0.25) is 9.69 Å². The first-order valence-electron chi connectivity index (χ1n) is 13.4. The molecule has 2 saturated heterocycles. The SMILES string of the molecule is O=C(CC1CN(C2CCC3(CCC3)CC2)CCO1)Nc1nnc(N[C@@H]2CCN(c3cccnn3)C2)s1. The maximum atomic E-state index is 12.7. The number of carbonyl (C=O) groups is 1. The predicted molar refractivity (Wildman–Crippen MR) is 139 cm³/mol. The molecule has 2 atom stereocenters. The van der Waals surface area contributed by atoms with Crippen molar-refractivity contribution in [1.82, 2.24) is 25.3 Å². The Labute approximate surface area is 216 Å². The van der Waals surface area contributed by atoms with Gasteiger partial charge in [0.1, 0.15) is 0 Å². The van der Waals surface area contributed by atoms with Crippen molar-refractivity contribution in [1.29, 1.82) is 0 Å². The van der Waals surface area contributed by atoms with Crippen LogP contribution >= 0.6 is 11.3 Å². The summed E-state index contributed by atoms with van der Waals surface area (Å²) in [5.74, 6) is 0.831. The molecule has 36 heavy (non-hydrogen) atoms. The minimum Gasteiger partial charge on any atom is -0.375 e. The standard InChI is InChI=1S/C25H36N8O2S/c34-22(15-20-17-32(13-14-35-20)19-4-9-25(10-5-19)7-2-8-25)28-24-31-30-23(36-24)27-18-6-12-33(16-18)21-3-1-11-26-29-21/h1,3,11,18-20H,2,4-10,12-17H2,(H,27,30)(H,28,31,34)/t18-,20?/m1/s1. The second-order valence-corrected chi connectivity index (χ2v) is 11.9. The predicted octanol–water partition coefficient (Wildman–Crippen LogP) is 3.16. The van der Waals surface area contributed by atoms with Crippen LogP contribution in [0.15, 0.2) is 18.3 Å². The van der Waals surface area contributed by atoms with Crippen LogP contribution in [-0.4, -0.2) is 82.2 Å². The van der Waals surface area contributed by atoms with Gasteiger partial charge in [0, 0.05) is 44.5 Å². The molecular weight excluding hydrogens is 476 g/mol. The lowest BCUT2D eigenvalue weighted by molar-refractivity contribution is -0.122. The third kappa shape index (κ3) is 5.47.